The minimum atomic E-state index is -4.98. The van der Waals surface area contributed by atoms with Crippen LogP contribution in [-0.4, -0.2) is 24.8 Å². The van der Waals surface area contributed by atoms with E-state index in [0.717, 1.165) is 6.07 Å². The normalized spacial score (nSPS) is 13.0. The summed E-state index contributed by atoms with van der Waals surface area (Å²) in [6, 6.07) is 3.10. The second kappa shape index (κ2) is 5.98. The van der Waals surface area contributed by atoms with Crippen LogP contribution in [0.2, 0.25) is 10.0 Å². The molecule has 0 aliphatic carbocycles. The lowest BCUT2D eigenvalue weighted by molar-refractivity contribution is -0.144. The highest BCUT2D eigenvalue weighted by molar-refractivity contribution is 6.35. The van der Waals surface area contributed by atoms with Crippen LogP contribution in [-0.2, 0) is 12.4 Å². The summed E-state index contributed by atoms with van der Waals surface area (Å²) in [4.78, 5) is 3.25. The van der Waals surface area contributed by atoms with E-state index in [1.807, 2.05) is 0 Å². The quantitative estimate of drug-likeness (QED) is 0.391. The van der Waals surface area contributed by atoms with Crippen LogP contribution in [0.3, 0.4) is 0 Å². The monoisotopic (exact) mass is 439 g/mol. The van der Waals surface area contributed by atoms with Crippen LogP contribution in [0, 0.1) is 0 Å². The lowest BCUT2D eigenvalue weighted by Crippen LogP contribution is -2.13. The molecule has 4 rings (SSSR count). The summed E-state index contributed by atoms with van der Waals surface area (Å²) in [5, 5.41) is 9.09. The summed E-state index contributed by atoms with van der Waals surface area (Å²) in [6.07, 6.45) is -8.63. The third-order valence-corrected chi connectivity index (χ3v) is 4.48. The first-order valence-corrected chi connectivity index (χ1v) is 8.09. The first kappa shape index (κ1) is 18.8. The highest BCUT2D eigenvalue weighted by atomic mass is 35.5. The Hall–Kier alpha value is -2.53. The average molecular weight is 440 g/mol. The largest absolute Gasteiger partial charge is 0.453 e. The Morgan fingerprint density at radius 3 is 2.29 bits per heavy atom. The van der Waals surface area contributed by atoms with Crippen molar-refractivity contribution in [3.05, 3.63) is 45.8 Å². The van der Waals surface area contributed by atoms with Crippen LogP contribution in [0.1, 0.15) is 11.4 Å². The van der Waals surface area contributed by atoms with Crippen molar-refractivity contribution in [2.45, 2.75) is 12.4 Å². The Bertz CT molecular complexity index is 1220. The lowest BCUT2D eigenvalue weighted by Gasteiger charge is -2.16. The van der Waals surface area contributed by atoms with Gasteiger partial charge in [-0.15, -0.1) is 5.10 Å². The third kappa shape index (κ3) is 2.94. The summed E-state index contributed by atoms with van der Waals surface area (Å²) in [6.45, 7) is 0. The molecule has 0 atom stereocenters. The van der Waals surface area contributed by atoms with Crippen LogP contribution >= 0.6 is 23.2 Å². The van der Waals surface area contributed by atoms with Crippen LogP contribution < -0.4 is 0 Å². The molecule has 0 aliphatic heterocycles. The zero-order valence-corrected chi connectivity index (χ0v) is 14.6. The number of rotatable bonds is 1. The van der Waals surface area contributed by atoms with Crippen LogP contribution in [0.4, 0.5) is 26.3 Å². The number of hydrogen-bond donors (Lipinski definition) is 1. The molecule has 0 bridgehead atoms. The molecule has 4 aromatic rings. The van der Waals surface area contributed by atoms with Crippen molar-refractivity contribution in [2.75, 3.05) is 0 Å². The Morgan fingerprint density at radius 2 is 1.64 bits per heavy atom. The van der Waals surface area contributed by atoms with E-state index >= 15 is 0 Å². The highest BCUT2D eigenvalue weighted by Crippen LogP contribution is 2.43. The minimum absolute atomic E-state index is 0.0161. The average Bonchev–Trinajstić information content (AvgIpc) is 3.18. The van der Waals surface area contributed by atoms with E-state index < -0.39 is 40.1 Å². The predicted octanol–water partition coefficient (Wildman–Crippen LogP) is 5.62. The second-order valence-electron chi connectivity index (χ2n) is 5.71. The number of aromatic amines is 1. The van der Waals surface area contributed by atoms with Gasteiger partial charge in [-0.3, -0.25) is 5.10 Å². The van der Waals surface area contributed by atoms with Gasteiger partial charge in [-0.2, -0.15) is 31.4 Å². The maximum absolute atomic E-state index is 13.7. The van der Waals surface area contributed by atoms with E-state index in [1.165, 1.54) is 12.3 Å². The number of fused-ring (bicyclic) bond motifs is 2. The van der Waals surface area contributed by atoms with E-state index in [0.29, 0.717) is 21.5 Å². The van der Waals surface area contributed by atoms with Crippen molar-refractivity contribution >= 4 is 39.8 Å². The molecule has 0 amide bonds. The first-order valence-electron chi connectivity index (χ1n) is 7.33. The first-order chi connectivity index (χ1) is 13.0. The molecule has 28 heavy (non-hydrogen) atoms. The number of halogens is 8. The van der Waals surface area contributed by atoms with Gasteiger partial charge in [-0.05, 0) is 12.1 Å². The molecule has 3 heterocycles. The summed E-state index contributed by atoms with van der Waals surface area (Å²) in [7, 11) is 0. The van der Waals surface area contributed by atoms with Crippen LogP contribution in [0.15, 0.2) is 24.4 Å². The number of alkyl halides is 6. The van der Waals surface area contributed by atoms with Crippen molar-refractivity contribution in [3.8, 4) is 11.3 Å². The Kier molecular flexibility index (Phi) is 4.02. The van der Waals surface area contributed by atoms with E-state index in [1.54, 1.807) is 0 Å². The summed E-state index contributed by atoms with van der Waals surface area (Å²) in [5.41, 5.74) is -2.38. The van der Waals surface area contributed by atoms with Gasteiger partial charge >= 0.3 is 12.4 Å². The number of pyridine rings is 1. The molecule has 0 saturated carbocycles. The van der Waals surface area contributed by atoms with E-state index in [9.17, 15) is 26.3 Å². The molecule has 0 radical (unpaired) electrons. The number of aromatic nitrogens is 5. The Morgan fingerprint density at radius 1 is 0.929 bits per heavy atom. The van der Waals surface area contributed by atoms with Crippen molar-refractivity contribution in [1.29, 1.82) is 0 Å². The molecule has 1 N–H and O–H groups in total. The van der Waals surface area contributed by atoms with Gasteiger partial charge in [-0.1, -0.05) is 23.2 Å². The van der Waals surface area contributed by atoms with E-state index in [-0.39, 0.29) is 10.6 Å². The standard InChI is InChI=1S/C15H5Cl2F6N5/c16-7-3-9-25-13(15(21,22)23)27-28(9)12(10(7)14(18,19)20)5-1-6-4-24-26-11(6)8(17)2-5/h1-4H,(H,24,26). The fourth-order valence-corrected chi connectivity index (χ4v) is 3.36. The number of nitrogens with one attached hydrogen (secondary N) is 1. The predicted molar refractivity (Wildman–Crippen MR) is 88.1 cm³/mol. The molecule has 0 saturated heterocycles. The van der Waals surface area contributed by atoms with Crippen LogP contribution in [0.25, 0.3) is 27.8 Å². The number of benzene rings is 1. The third-order valence-electron chi connectivity index (χ3n) is 3.89. The van der Waals surface area contributed by atoms with Gasteiger partial charge in [0.1, 0.15) is 5.56 Å². The summed E-state index contributed by atoms with van der Waals surface area (Å²) < 4.78 is 80.5. The smallest absolute Gasteiger partial charge is 0.276 e. The zero-order chi connectivity index (χ0) is 20.4. The van der Waals surface area contributed by atoms with Crippen molar-refractivity contribution in [3.63, 3.8) is 0 Å². The molecule has 0 fully saturated rings. The zero-order valence-electron chi connectivity index (χ0n) is 13.1. The maximum atomic E-state index is 13.7. The Labute approximate surface area is 160 Å². The molecule has 3 aromatic heterocycles. The summed E-state index contributed by atoms with van der Waals surface area (Å²) >= 11 is 11.8. The number of H-pyrrole nitrogens is 1. The second-order valence-corrected chi connectivity index (χ2v) is 6.52. The molecule has 1 aromatic carbocycles. The molecule has 146 valence electrons. The van der Waals surface area contributed by atoms with Gasteiger partial charge < -0.3 is 0 Å². The van der Waals surface area contributed by atoms with Gasteiger partial charge in [-0.25, -0.2) is 9.50 Å². The number of hydrogen-bond acceptors (Lipinski definition) is 3. The highest BCUT2D eigenvalue weighted by Gasteiger charge is 2.41. The summed E-state index contributed by atoms with van der Waals surface area (Å²) in [5.74, 6) is -1.60. The maximum Gasteiger partial charge on any atom is 0.453 e. The molecule has 0 spiro atoms. The molecule has 5 nitrogen and oxygen atoms in total. The fourth-order valence-electron chi connectivity index (χ4n) is 2.79. The molecular weight excluding hydrogens is 435 g/mol. The molecular formula is C15H5Cl2F6N5. The molecule has 13 heteroatoms. The molecule has 0 unspecified atom stereocenters. The minimum Gasteiger partial charge on any atom is -0.276 e. The lowest BCUT2D eigenvalue weighted by atomic mass is 10.0. The van der Waals surface area contributed by atoms with Gasteiger partial charge in [0, 0.05) is 17.0 Å². The van der Waals surface area contributed by atoms with Crippen LogP contribution in [0.5, 0.6) is 0 Å². The van der Waals surface area contributed by atoms with Crippen molar-refractivity contribution in [2.24, 2.45) is 0 Å². The van der Waals surface area contributed by atoms with E-state index in [4.69, 9.17) is 23.2 Å². The fraction of sp³-hybridized carbons (Fsp3) is 0.133. The van der Waals surface area contributed by atoms with Crippen molar-refractivity contribution in [1.82, 2.24) is 24.8 Å². The molecule has 0 aliphatic rings. The SMILES string of the molecule is FC(F)(F)c1nc2cc(Cl)c(C(F)(F)F)c(-c3cc(Cl)c4[nH]ncc4c3)n2n1. The van der Waals surface area contributed by atoms with E-state index in [2.05, 4.69) is 20.3 Å². The van der Waals surface area contributed by atoms with Crippen molar-refractivity contribution < 1.29 is 26.3 Å². The van der Waals surface area contributed by atoms with Gasteiger partial charge in [0.15, 0.2) is 5.65 Å². The van der Waals surface area contributed by atoms with Gasteiger partial charge in [0.05, 0.1) is 27.5 Å². The Balaban J connectivity index is 2.15. The van der Waals surface area contributed by atoms with Gasteiger partial charge in [0.25, 0.3) is 5.82 Å². The van der Waals surface area contributed by atoms with Gasteiger partial charge in [0.2, 0.25) is 0 Å². The number of nitrogens with zero attached hydrogens (tertiary/aromatic N) is 4. The topological polar surface area (TPSA) is 58.9 Å².